The van der Waals surface area contributed by atoms with Crippen LogP contribution in [0, 0.1) is 11.3 Å². The normalized spacial score (nSPS) is 14.9. The van der Waals surface area contributed by atoms with Gasteiger partial charge in [0.2, 0.25) is 0 Å². The zero-order chi connectivity index (χ0) is 14.8. The molecule has 2 heterocycles. The molecule has 3 rings (SSSR count). The molecule has 0 radical (unpaired) electrons. The van der Waals surface area contributed by atoms with Crippen molar-refractivity contribution in [3.05, 3.63) is 32.7 Å². The molecule has 0 saturated heterocycles. The van der Waals surface area contributed by atoms with Crippen molar-refractivity contribution in [1.82, 2.24) is 0 Å². The summed E-state index contributed by atoms with van der Waals surface area (Å²) >= 11 is 5.17. The van der Waals surface area contributed by atoms with Gasteiger partial charge in [0.15, 0.2) is 0 Å². The first-order chi connectivity index (χ1) is 10.2. The predicted octanol–water partition coefficient (Wildman–Crippen LogP) is 4.10. The van der Waals surface area contributed by atoms with Crippen LogP contribution >= 0.6 is 27.3 Å². The van der Waals surface area contributed by atoms with E-state index in [1.807, 2.05) is 6.07 Å². The monoisotopic (exact) mass is 362 g/mol. The fourth-order valence-corrected chi connectivity index (χ4v) is 4.48. The SMILES string of the molecule is N#Cc1c(N)[nH+]c2c(c1-c1ccc(Br)s1)CCCCCC2. The highest BCUT2D eigenvalue weighted by atomic mass is 79.9. The molecular weight excluding hydrogens is 346 g/mol. The van der Waals surface area contributed by atoms with E-state index in [0.717, 1.165) is 27.1 Å². The number of rotatable bonds is 1. The Balaban J connectivity index is 2.25. The number of nitrogens with zero attached hydrogens (tertiary/aromatic N) is 1. The fraction of sp³-hybridized carbons (Fsp3) is 0.375. The zero-order valence-electron chi connectivity index (χ0n) is 11.7. The summed E-state index contributed by atoms with van der Waals surface area (Å²) in [7, 11) is 0. The number of H-pyrrole nitrogens is 1. The van der Waals surface area contributed by atoms with Gasteiger partial charge in [-0.15, -0.1) is 11.3 Å². The molecule has 0 unspecified atom stereocenters. The van der Waals surface area contributed by atoms with Gasteiger partial charge in [0.1, 0.15) is 17.3 Å². The van der Waals surface area contributed by atoms with Crippen LogP contribution in [0.2, 0.25) is 0 Å². The van der Waals surface area contributed by atoms with Crippen molar-refractivity contribution in [3.8, 4) is 16.5 Å². The number of nitrogens with two attached hydrogens (primary N) is 1. The van der Waals surface area contributed by atoms with Crippen LogP contribution in [0.1, 0.15) is 42.5 Å². The second-order valence-corrected chi connectivity index (χ2v) is 7.84. The first-order valence-corrected chi connectivity index (χ1v) is 8.84. The van der Waals surface area contributed by atoms with Crippen molar-refractivity contribution in [1.29, 1.82) is 5.26 Å². The molecule has 0 aromatic carbocycles. The summed E-state index contributed by atoms with van der Waals surface area (Å²) in [6.07, 6.45) is 6.93. The van der Waals surface area contributed by atoms with Gasteiger partial charge in [-0.25, -0.2) is 4.98 Å². The average Bonchev–Trinajstić information content (AvgIpc) is 2.86. The van der Waals surface area contributed by atoms with Gasteiger partial charge in [-0.1, -0.05) is 12.8 Å². The molecule has 108 valence electrons. The van der Waals surface area contributed by atoms with Crippen molar-refractivity contribution in [3.63, 3.8) is 0 Å². The number of halogens is 1. The Hall–Kier alpha value is -1.38. The van der Waals surface area contributed by atoms with Gasteiger partial charge in [0.05, 0.1) is 3.79 Å². The summed E-state index contributed by atoms with van der Waals surface area (Å²) in [5.41, 5.74) is 10.2. The number of aromatic nitrogens is 1. The van der Waals surface area contributed by atoms with Gasteiger partial charge in [-0.2, -0.15) is 5.26 Å². The standard InChI is InChI=1S/C16H16BrN3S/c17-14-8-7-13(21-14)15-10-5-3-1-2-4-6-12(10)20-16(19)11(15)9-18/h7-8H,1-6H2,(H2,19,20)/p+1. The van der Waals surface area contributed by atoms with E-state index >= 15 is 0 Å². The fourth-order valence-electron chi connectivity index (χ4n) is 3.02. The third-order valence-corrected chi connectivity index (χ3v) is 5.65. The van der Waals surface area contributed by atoms with Crippen molar-refractivity contribution in [2.75, 3.05) is 5.73 Å². The highest BCUT2D eigenvalue weighted by Crippen LogP contribution is 2.38. The van der Waals surface area contributed by atoms with Crippen LogP contribution in [-0.4, -0.2) is 0 Å². The highest BCUT2D eigenvalue weighted by molar-refractivity contribution is 9.11. The lowest BCUT2D eigenvalue weighted by Crippen LogP contribution is -2.23. The number of nitrogens with one attached hydrogen (secondary N) is 1. The minimum Gasteiger partial charge on any atom is -0.286 e. The number of aryl methyl sites for hydroxylation is 1. The summed E-state index contributed by atoms with van der Waals surface area (Å²) in [6.45, 7) is 0. The average molecular weight is 363 g/mol. The van der Waals surface area contributed by atoms with E-state index in [1.54, 1.807) is 11.3 Å². The van der Waals surface area contributed by atoms with Crippen LogP contribution in [0.5, 0.6) is 0 Å². The molecular formula is C16H17BrN3S+. The van der Waals surface area contributed by atoms with E-state index in [2.05, 4.69) is 33.0 Å². The molecule has 0 saturated carbocycles. The maximum Gasteiger partial charge on any atom is 0.289 e. The second-order valence-electron chi connectivity index (χ2n) is 5.38. The number of nitrogen functional groups attached to an aromatic ring is 1. The molecule has 1 aliphatic rings. The molecule has 1 aliphatic carbocycles. The summed E-state index contributed by atoms with van der Waals surface area (Å²) in [6, 6.07) is 6.40. The number of nitriles is 1. The third-order valence-electron chi connectivity index (χ3n) is 4.01. The van der Waals surface area contributed by atoms with E-state index in [-0.39, 0.29) is 0 Å². The number of aromatic amines is 1. The number of fused-ring (bicyclic) bond motifs is 1. The van der Waals surface area contributed by atoms with Gasteiger partial charge >= 0.3 is 0 Å². The van der Waals surface area contributed by atoms with Crippen LogP contribution < -0.4 is 10.7 Å². The molecule has 0 fully saturated rings. The lowest BCUT2D eigenvalue weighted by molar-refractivity contribution is -0.374. The maximum atomic E-state index is 9.54. The van der Waals surface area contributed by atoms with E-state index < -0.39 is 0 Å². The van der Waals surface area contributed by atoms with Crippen molar-refractivity contribution in [2.24, 2.45) is 0 Å². The molecule has 0 aliphatic heterocycles. The van der Waals surface area contributed by atoms with E-state index in [1.165, 1.54) is 36.9 Å². The molecule has 0 amide bonds. The van der Waals surface area contributed by atoms with Gasteiger partial charge in [0.25, 0.3) is 5.82 Å². The minimum atomic E-state index is 0.497. The summed E-state index contributed by atoms with van der Waals surface area (Å²) < 4.78 is 1.08. The second kappa shape index (κ2) is 6.17. The number of hydrogen-bond acceptors (Lipinski definition) is 3. The van der Waals surface area contributed by atoms with Crippen molar-refractivity contribution < 1.29 is 4.98 Å². The van der Waals surface area contributed by atoms with E-state index in [4.69, 9.17) is 5.73 Å². The maximum absolute atomic E-state index is 9.54. The largest absolute Gasteiger partial charge is 0.289 e. The lowest BCUT2D eigenvalue weighted by Gasteiger charge is -2.16. The summed E-state index contributed by atoms with van der Waals surface area (Å²) in [5.74, 6) is 0.497. The van der Waals surface area contributed by atoms with Gasteiger partial charge in [-0.3, -0.25) is 5.73 Å². The smallest absolute Gasteiger partial charge is 0.286 e. The number of thiophene rings is 1. The molecule has 2 aromatic rings. The van der Waals surface area contributed by atoms with Gasteiger partial charge < -0.3 is 0 Å². The van der Waals surface area contributed by atoms with E-state index in [9.17, 15) is 5.26 Å². The van der Waals surface area contributed by atoms with Crippen LogP contribution in [0.4, 0.5) is 5.82 Å². The molecule has 3 nitrogen and oxygen atoms in total. The Morgan fingerprint density at radius 2 is 1.95 bits per heavy atom. The first kappa shape index (κ1) is 14.6. The Labute approximate surface area is 136 Å². The summed E-state index contributed by atoms with van der Waals surface area (Å²) in [5, 5.41) is 9.54. The highest BCUT2D eigenvalue weighted by Gasteiger charge is 2.24. The summed E-state index contributed by atoms with van der Waals surface area (Å²) in [4.78, 5) is 4.40. The zero-order valence-corrected chi connectivity index (χ0v) is 14.1. The number of pyridine rings is 1. The number of hydrogen-bond donors (Lipinski definition) is 1. The predicted molar refractivity (Wildman–Crippen MR) is 89.0 cm³/mol. The minimum absolute atomic E-state index is 0.497. The Kier molecular flexibility index (Phi) is 4.27. The molecule has 5 heteroatoms. The van der Waals surface area contributed by atoms with Crippen molar-refractivity contribution >= 4 is 33.1 Å². The Morgan fingerprint density at radius 1 is 1.19 bits per heavy atom. The van der Waals surface area contributed by atoms with E-state index in [0.29, 0.717) is 11.4 Å². The first-order valence-electron chi connectivity index (χ1n) is 7.23. The van der Waals surface area contributed by atoms with Crippen molar-refractivity contribution in [2.45, 2.75) is 38.5 Å². The van der Waals surface area contributed by atoms with Crippen LogP contribution in [-0.2, 0) is 12.8 Å². The number of anilines is 1. The van der Waals surface area contributed by atoms with Crippen LogP contribution in [0.15, 0.2) is 15.9 Å². The molecule has 2 aromatic heterocycles. The van der Waals surface area contributed by atoms with Gasteiger partial charge in [0, 0.05) is 22.4 Å². The molecule has 0 bridgehead atoms. The third kappa shape index (κ3) is 2.83. The quantitative estimate of drug-likeness (QED) is 0.829. The lowest BCUT2D eigenvalue weighted by atomic mass is 9.90. The molecule has 0 atom stereocenters. The molecule has 21 heavy (non-hydrogen) atoms. The topological polar surface area (TPSA) is 64.0 Å². The van der Waals surface area contributed by atoms with Crippen LogP contribution in [0.25, 0.3) is 10.4 Å². The Bertz CT molecular complexity index is 715. The van der Waals surface area contributed by atoms with Gasteiger partial charge in [-0.05, 0) is 47.3 Å². The molecule has 3 N–H and O–H groups in total. The van der Waals surface area contributed by atoms with Crippen LogP contribution in [0.3, 0.4) is 0 Å². The molecule has 0 spiro atoms. The Morgan fingerprint density at radius 3 is 2.62 bits per heavy atom.